The largest absolute Gasteiger partial charge is 0.496 e. The van der Waals surface area contributed by atoms with Gasteiger partial charge in [0.25, 0.3) is 5.91 Å². The number of methoxy groups -OCH3 is 2. The van der Waals surface area contributed by atoms with Gasteiger partial charge in [0.1, 0.15) is 11.5 Å². The monoisotopic (exact) mass is 351 g/mol. The molecular formula is C22H25NO3. The van der Waals surface area contributed by atoms with Crippen LogP contribution >= 0.6 is 0 Å². The van der Waals surface area contributed by atoms with Crippen LogP contribution in [0.3, 0.4) is 0 Å². The highest BCUT2D eigenvalue weighted by Gasteiger charge is 2.40. The second kappa shape index (κ2) is 6.67. The first-order valence-corrected chi connectivity index (χ1v) is 9.27. The van der Waals surface area contributed by atoms with Gasteiger partial charge in [0.15, 0.2) is 0 Å². The lowest BCUT2D eigenvalue weighted by Crippen LogP contribution is -2.36. The van der Waals surface area contributed by atoms with Crippen molar-refractivity contribution in [3.63, 3.8) is 0 Å². The maximum Gasteiger partial charge on any atom is 0.254 e. The van der Waals surface area contributed by atoms with Crippen molar-refractivity contribution >= 4 is 5.91 Å². The molecule has 136 valence electrons. The highest BCUT2D eigenvalue weighted by Crippen LogP contribution is 2.43. The van der Waals surface area contributed by atoms with Gasteiger partial charge in [-0.25, -0.2) is 0 Å². The zero-order chi connectivity index (χ0) is 18.3. The number of fused-ring (bicyclic) bond motifs is 1. The summed E-state index contributed by atoms with van der Waals surface area (Å²) < 4.78 is 10.9. The molecule has 0 heterocycles. The molecule has 0 N–H and O–H groups in total. The molecule has 1 atom stereocenters. The fourth-order valence-corrected chi connectivity index (χ4v) is 4.10. The third-order valence-electron chi connectivity index (χ3n) is 5.61. The Hall–Kier alpha value is -2.49. The molecule has 1 unspecified atom stereocenters. The maximum absolute atomic E-state index is 13.5. The van der Waals surface area contributed by atoms with Gasteiger partial charge in [-0.3, -0.25) is 4.79 Å². The van der Waals surface area contributed by atoms with Gasteiger partial charge in [-0.05, 0) is 55.9 Å². The Morgan fingerprint density at radius 1 is 1.04 bits per heavy atom. The number of benzene rings is 2. The van der Waals surface area contributed by atoms with Gasteiger partial charge in [0, 0.05) is 17.2 Å². The second-order valence-electron chi connectivity index (χ2n) is 7.20. The van der Waals surface area contributed by atoms with Crippen molar-refractivity contribution in [1.82, 2.24) is 4.90 Å². The molecule has 0 aromatic heterocycles. The van der Waals surface area contributed by atoms with E-state index in [0.717, 1.165) is 31.2 Å². The lowest BCUT2D eigenvalue weighted by atomic mass is 10.0. The summed E-state index contributed by atoms with van der Waals surface area (Å²) in [6, 6.07) is 12.7. The maximum atomic E-state index is 13.5. The van der Waals surface area contributed by atoms with Crippen molar-refractivity contribution in [1.29, 1.82) is 0 Å². The quantitative estimate of drug-likeness (QED) is 0.806. The van der Waals surface area contributed by atoms with Crippen molar-refractivity contribution in [2.75, 3.05) is 14.2 Å². The van der Waals surface area contributed by atoms with Crippen LogP contribution in [0.5, 0.6) is 11.5 Å². The van der Waals surface area contributed by atoms with Crippen LogP contribution in [0.15, 0.2) is 36.4 Å². The predicted molar refractivity (Wildman–Crippen MR) is 101 cm³/mol. The summed E-state index contributed by atoms with van der Waals surface area (Å²) in [6.45, 7) is 1.94. The first-order valence-electron chi connectivity index (χ1n) is 9.27. The van der Waals surface area contributed by atoms with Crippen molar-refractivity contribution < 1.29 is 14.3 Å². The smallest absolute Gasteiger partial charge is 0.254 e. The zero-order valence-corrected chi connectivity index (χ0v) is 15.6. The predicted octanol–water partition coefficient (Wildman–Crippen LogP) is 4.30. The minimum absolute atomic E-state index is 0.0748. The molecule has 4 heteroatoms. The van der Waals surface area contributed by atoms with E-state index in [-0.39, 0.29) is 11.9 Å². The van der Waals surface area contributed by atoms with Crippen molar-refractivity contribution in [2.45, 2.75) is 44.7 Å². The number of rotatable bonds is 5. The minimum atomic E-state index is 0.0748. The summed E-state index contributed by atoms with van der Waals surface area (Å²) in [7, 11) is 3.25. The lowest BCUT2D eigenvalue weighted by molar-refractivity contribution is 0.0657. The first-order chi connectivity index (χ1) is 12.6. The Kier molecular flexibility index (Phi) is 4.35. The molecule has 1 saturated carbocycles. The fraction of sp³-hybridized carbons (Fsp3) is 0.409. The first kappa shape index (κ1) is 17.0. The molecule has 2 aliphatic rings. The third-order valence-corrected chi connectivity index (χ3v) is 5.61. The second-order valence-corrected chi connectivity index (χ2v) is 7.20. The van der Waals surface area contributed by atoms with E-state index in [0.29, 0.717) is 23.1 Å². The Labute approximate surface area is 154 Å². The lowest BCUT2D eigenvalue weighted by Gasteiger charge is -2.30. The number of aryl methyl sites for hydroxylation is 1. The Morgan fingerprint density at radius 2 is 1.69 bits per heavy atom. The molecule has 26 heavy (non-hydrogen) atoms. The number of carbonyl (C=O) groups excluding carboxylic acids is 1. The summed E-state index contributed by atoms with van der Waals surface area (Å²) in [5, 5.41) is 0. The summed E-state index contributed by atoms with van der Waals surface area (Å²) in [4.78, 5) is 15.6. The summed E-state index contributed by atoms with van der Waals surface area (Å²) >= 11 is 0. The molecule has 1 amide bonds. The molecule has 2 aliphatic carbocycles. The number of ether oxygens (including phenoxy) is 2. The van der Waals surface area contributed by atoms with Gasteiger partial charge in [0.05, 0.1) is 20.3 Å². The van der Waals surface area contributed by atoms with E-state index in [4.69, 9.17) is 9.47 Å². The third kappa shape index (κ3) is 2.83. The molecule has 4 nitrogen and oxygen atoms in total. The SMILES string of the molecule is COc1cc(C(=O)N(C2CC2)C2CCc3ccccc32)cc(OC)c1C. The summed E-state index contributed by atoms with van der Waals surface area (Å²) in [5.41, 5.74) is 4.23. The molecular weight excluding hydrogens is 326 g/mol. The molecule has 1 fully saturated rings. The van der Waals surface area contributed by atoms with Crippen LogP contribution in [-0.2, 0) is 6.42 Å². The Bertz CT molecular complexity index is 816. The molecule has 0 spiro atoms. The zero-order valence-electron chi connectivity index (χ0n) is 15.6. The number of amides is 1. The molecule has 0 radical (unpaired) electrons. The average Bonchev–Trinajstić information content (AvgIpc) is 3.41. The van der Waals surface area contributed by atoms with E-state index in [1.807, 2.05) is 19.1 Å². The number of hydrogen-bond donors (Lipinski definition) is 0. The van der Waals surface area contributed by atoms with Gasteiger partial charge in [-0.2, -0.15) is 0 Å². The van der Waals surface area contributed by atoms with E-state index in [9.17, 15) is 4.79 Å². The summed E-state index contributed by atoms with van der Waals surface area (Å²) in [6.07, 6.45) is 4.22. The van der Waals surface area contributed by atoms with Crippen LogP contribution in [0.2, 0.25) is 0 Å². The molecule has 2 aromatic carbocycles. The number of hydrogen-bond acceptors (Lipinski definition) is 3. The van der Waals surface area contributed by atoms with Crippen LogP contribution in [0.25, 0.3) is 0 Å². The standard InChI is InChI=1S/C22H25NO3/c1-14-20(25-2)12-16(13-21(14)26-3)22(24)23(17-9-10-17)19-11-8-15-6-4-5-7-18(15)19/h4-7,12-13,17,19H,8-11H2,1-3H3. The van der Waals surface area contributed by atoms with Crippen LogP contribution in [0, 0.1) is 6.92 Å². The van der Waals surface area contributed by atoms with Crippen molar-refractivity contribution in [2.24, 2.45) is 0 Å². The van der Waals surface area contributed by atoms with Gasteiger partial charge in [0.2, 0.25) is 0 Å². The molecule has 0 aliphatic heterocycles. The van der Waals surface area contributed by atoms with Gasteiger partial charge < -0.3 is 14.4 Å². The van der Waals surface area contributed by atoms with Crippen LogP contribution in [0.1, 0.15) is 52.4 Å². The van der Waals surface area contributed by atoms with E-state index in [1.165, 1.54) is 11.1 Å². The highest BCUT2D eigenvalue weighted by molar-refractivity contribution is 5.96. The minimum Gasteiger partial charge on any atom is -0.496 e. The van der Waals surface area contributed by atoms with E-state index >= 15 is 0 Å². The fourth-order valence-electron chi connectivity index (χ4n) is 4.10. The van der Waals surface area contributed by atoms with E-state index in [1.54, 1.807) is 14.2 Å². The number of carbonyl (C=O) groups is 1. The van der Waals surface area contributed by atoms with Crippen LogP contribution in [-0.4, -0.2) is 31.1 Å². The van der Waals surface area contributed by atoms with Crippen LogP contribution < -0.4 is 9.47 Å². The van der Waals surface area contributed by atoms with Crippen molar-refractivity contribution in [3.8, 4) is 11.5 Å². The highest BCUT2D eigenvalue weighted by atomic mass is 16.5. The molecule has 0 saturated heterocycles. The van der Waals surface area contributed by atoms with E-state index in [2.05, 4.69) is 29.2 Å². The number of nitrogens with zero attached hydrogens (tertiary/aromatic N) is 1. The summed E-state index contributed by atoms with van der Waals surface area (Å²) in [5.74, 6) is 1.45. The molecule has 2 aromatic rings. The molecule has 0 bridgehead atoms. The van der Waals surface area contributed by atoms with Gasteiger partial charge in [-0.1, -0.05) is 24.3 Å². The van der Waals surface area contributed by atoms with Crippen LogP contribution in [0.4, 0.5) is 0 Å². The molecule has 4 rings (SSSR count). The average molecular weight is 351 g/mol. The topological polar surface area (TPSA) is 38.8 Å². The van der Waals surface area contributed by atoms with E-state index < -0.39 is 0 Å². The van der Waals surface area contributed by atoms with Gasteiger partial charge in [-0.15, -0.1) is 0 Å². The Morgan fingerprint density at radius 3 is 2.31 bits per heavy atom. The van der Waals surface area contributed by atoms with Gasteiger partial charge >= 0.3 is 0 Å². The van der Waals surface area contributed by atoms with Crippen molar-refractivity contribution in [3.05, 3.63) is 58.7 Å². The Balaban J connectivity index is 1.72. The normalized spacial score (nSPS) is 18.3.